The molecule has 1 N–H and O–H groups in total. The minimum atomic E-state index is -0.482. The minimum Gasteiger partial charge on any atom is -0.485 e. The van der Waals surface area contributed by atoms with Crippen LogP contribution in [0.5, 0.6) is 5.75 Å². The van der Waals surface area contributed by atoms with E-state index in [2.05, 4.69) is 15.3 Å². The zero-order chi connectivity index (χ0) is 20.7. The van der Waals surface area contributed by atoms with Gasteiger partial charge in [0.25, 0.3) is 0 Å². The maximum absolute atomic E-state index is 12.7. The van der Waals surface area contributed by atoms with Crippen molar-refractivity contribution in [3.63, 3.8) is 0 Å². The summed E-state index contributed by atoms with van der Waals surface area (Å²) < 4.78 is 5.77. The third-order valence-electron chi connectivity index (χ3n) is 6.04. The molecule has 5 rings (SSSR count). The number of carbonyl (C=O) groups excluding carboxylic acids is 3. The highest BCUT2D eigenvalue weighted by atomic mass is 16.5. The summed E-state index contributed by atoms with van der Waals surface area (Å²) in [6, 6.07) is 7.06. The van der Waals surface area contributed by atoms with E-state index in [0.717, 1.165) is 16.9 Å². The van der Waals surface area contributed by atoms with Crippen molar-refractivity contribution in [2.75, 3.05) is 11.9 Å². The van der Waals surface area contributed by atoms with Crippen molar-refractivity contribution in [1.82, 2.24) is 14.9 Å². The van der Waals surface area contributed by atoms with E-state index in [1.165, 1.54) is 6.20 Å². The number of nitrogens with zero attached hydrogens (tertiary/aromatic N) is 3. The number of ether oxygens (including phenoxy) is 1. The maximum atomic E-state index is 12.7. The Morgan fingerprint density at radius 2 is 1.77 bits per heavy atom. The Kier molecular flexibility index (Phi) is 4.54. The Balaban J connectivity index is 1.24. The smallest absolute Gasteiger partial charge is 0.245 e. The van der Waals surface area contributed by atoms with Gasteiger partial charge in [-0.1, -0.05) is 12.2 Å². The van der Waals surface area contributed by atoms with Crippen LogP contribution in [-0.2, 0) is 21.0 Å². The van der Waals surface area contributed by atoms with Gasteiger partial charge in [0.15, 0.2) is 11.6 Å². The van der Waals surface area contributed by atoms with Crippen LogP contribution in [-0.4, -0.2) is 39.1 Å². The lowest BCUT2D eigenvalue weighted by molar-refractivity contribution is -0.143. The number of aromatic nitrogens is 2. The quantitative estimate of drug-likeness (QED) is 0.582. The second-order valence-electron chi connectivity index (χ2n) is 7.80. The van der Waals surface area contributed by atoms with Crippen LogP contribution in [0.4, 0.5) is 5.82 Å². The Morgan fingerprint density at radius 3 is 2.47 bits per heavy atom. The van der Waals surface area contributed by atoms with E-state index in [-0.39, 0.29) is 47.8 Å². The molecule has 2 aromatic heterocycles. The topological polar surface area (TPSA) is 101 Å². The first-order chi connectivity index (χ1) is 14.6. The van der Waals surface area contributed by atoms with Crippen molar-refractivity contribution in [3.05, 3.63) is 60.6 Å². The lowest BCUT2D eigenvalue weighted by atomic mass is 9.85. The number of likely N-dealkylation sites (tertiary alicyclic amines) is 1. The van der Waals surface area contributed by atoms with E-state index in [9.17, 15) is 14.4 Å². The van der Waals surface area contributed by atoms with Gasteiger partial charge < -0.3 is 10.1 Å². The van der Waals surface area contributed by atoms with E-state index in [4.69, 9.17) is 4.74 Å². The minimum absolute atomic E-state index is 0.119. The van der Waals surface area contributed by atoms with E-state index in [1.807, 2.05) is 24.3 Å². The average molecular weight is 404 g/mol. The molecule has 2 bridgehead atoms. The molecule has 2 aliphatic carbocycles. The number of nitrogens with one attached hydrogen (secondary N) is 1. The first kappa shape index (κ1) is 18.5. The van der Waals surface area contributed by atoms with E-state index in [0.29, 0.717) is 12.4 Å². The molecule has 3 aliphatic rings. The molecule has 3 heterocycles. The second kappa shape index (κ2) is 7.37. The number of hydrogen-bond acceptors (Lipinski definition) is 6. The van der Waals surface area contributed by atoms with Crippen LogP contribution in [0.2, 0.25) is 0 Å². The molecule has 1 saturated carbocycles. The van der Waals surface area contributed by atoms with Crippen molar-refractivity contribution >= 4 is 23.5 Å². The van der Waals surface area contributed by atoms with E-state index >= 15 is 0 Å². The molecule has 0 spiro atoms. The zero-order valence-corrected chi connectivity index (χ0v) is 16.1. The molecule has 8 heteroatoms. The first-order valence-corrected chi connectivity index (χ1v) is 9.92. The summed E-state index contributed by atoms with van der Waals surface area (Å²) in [5.41, 5.74) is 0.925. The predicted octanol–water partition coefficient (Wildman–Crippen LogP) is 1.80. The summed E-state index contributed by atoms with van der Waals surface area (Å²) in [5, 5.41) is 2.67. The molecule has 0 radical (unpaired) electrons. The van der Waals surface area contributed by atoms with Crippen molar-refractivity contribution in [2.45, 2.75) is 13.0 Å². The lowest BCUT2D eigenvalue weighted by Crippen LogP contribution is -2.39. The normalized spacial score (nSPS) is 26.2. The number of anilines is 1. The molecular formula is C22H20N4O4. The highest BCUT2D eigenvalue weighted by Crippen LogP contribution is 2.52. The van der Waals surface area contributed by atoms with Crippen LogP contribution < -0.4 is 10.1 Å². The molecule has 4 unspecified atom stereocenters. The van der Waals surface area contributed by atoms with Crippen molar-refractivity contribution in [3.8, 4) is 5.75 Å². The fraction of sp³-hybridized carbons (Fsp3) is 0.318. The van der Waals surface area contributed by atoms with Crippen molar-refractivity contribution in [2.24, 2.45) is 23.7 Å². The standard InChI is InChI=1S/C22H20N4O4/c27-17(11-26-21(28)18-14-3-4-15(10-14)19(18)22(26)29)25-20-16(2-1-7-24-20)30-12-13-5-8-23-9-6-13/h1-9,14-15,18-19H,10-12H2,(H,24,25,27). The Morgan fingerprint density at radius 1 is 1.07 bits per heavy atom. The van der Waals surface area contributed by atoms with E-state index < -0.39 is 5.91 Å². The maximum Gasteiger partial charge on any atom is 0.245 e. The molecule has 1 saturated heterocycles. The summed E-state index contributed by atoms with van der Waals surface area (Å²) in [5.74, 6) is -0.701. The monoisotopic (exact) mass is 404 g/mol. The summed E-state index contributed by atoms with van der Waals surface area (Å²) >= 11 is 0. The fourth-order valence-electron chi connectivity index (χ4n) is 4.68. The number of carbonyl (C=O) groups is 3. The van der Waals surface area contributed by atoms with Gasteiger partial charge in [-0.15, -0.1) is 0 Å². The third kappa shape index (κ3) is 3.14. The number of rotatable bonds is 6. The lowest BCUT2D eigenvalue weighted by Gasteiger charge is -2.17. The molecule has 2 aromatic rings. The number of amides is 3. The van der Waals surface area contributed by atoms with Gasteiger partial charge in [0.2, 0.25) is 17.7 Å². The molecule has 1 aliphatic heterocycles. The number of pyridine rings is 2. The summed E-state index contributed by atoms with van der Waals surface area (Å²) in [7, 11) is 0. The van der Waals surface area contributed by atoms with E-state index in [1.54, 1.807) is 24.5 Å². The summed E-state index contributed by atoms with van der Waals surface area (Å²) in [6.45, 7) is -0.0240. The molecule has 8 nitrogen and oxygen atoms in total. The van der Waals surface area contributed by atoms with Gasteiger partial charge in [0.05, 0.1) is 11.8 Å². The van der Waals surface area contributed by atoms with Crippen LogP contribution >= 0.6 is 0 Å². The number of hydrogen-bond donors (Lipinski definition) is 1. The van der Waals surface area contributed by atoms with Crippen LogP contribution in [0, 0.1) is 23.7 Å². The number of imide groups is 1. The summed E-state index contributed by atoms with van der Waals surface area (Å²) in [4.78, 5) is 47.3. The number of allylic oxidation sites excluding steroid dienone is 2. The molecule has 2 fully saturated rings. The van der Waals surface area contributed by atoms with Crippen molar-refractivity contribution in [1.29, 1.82) is 0 Å². The van der Waals surface area contributed by atoms with Crippen LogP contribution in [0.25, 0.3) is 0 Å². The predicted molar refractivity (Wildman–Crippen MR) is 106 cm³/mol. The van der Waals surface area contributed by atoms with Crippen molar-refractivity contribution < 1.29 is 19.1 Å². The molecule has 4 atom stereocenters. The average Bonchev–Trinajstić information content (AvgIpc) is 3.44. The highest BCUT2D eigenvalue weighted by Gasteiger charge is 2.59. The van der Waals surface area contributed by atoms with Gasteiger partial charge in [-0.2, -0.15) is 0 Å². The van der Waals surface area contributed by atoms with Gasteiger partial charge in [-0.3, -0.25) is 24.3 Å². The Bertz CT molecular complexity index is 1010. The second-order valence-corrected chi connectivity index (χ2v) is 7.80. The van der Waals surface area contributed by atoms with Crippen LogP contribution in [0.1, 0.15) is 12.0 Å². The van der Waals surface area contributed by atoms with Gasteiger partial charge in [0.1, 0.15) is 13.2 Å². The molecular weight excluding hydrogens is 384 g/mol. The van der Waals surface area contributed by atoms with Gasteiger partial charge >= 0.3 is 0 Å². The van der Waals surface area contributed by atoms with Gasteiger partial charge in [0, 0.05) is 18.6 Å². The molecule has 152 valence electrons. The molecule has 0 aromatic carbocycles. The highest BCUT2D eigenvalue weighted by molar-refractivity contribution is 6.09. The Hall–Kier alpha value is -3.55. The SMILES string of the molecule is O=C(CN1C(=O)C2C3C=CC(C3)C2C1=O)Nc1ncccc1OCc1ccncc1. The first-order valence-electron chi connectivity index (χ1n) is 9.92. The Labute approximate surface area is 173 Å². The zero-order valence-electron chi connectivity index (χ0n) is 16.1. The summed E-state index contributed by atoms with van der Waals surface area (Å²) in [6.07, 6.45) is 9.80. The van der Waals surface area contributed by atoms with Crippen LogP contribution in [0.15, 0.2) is 55.0 Å². The molecule has 3 amide bonds. The molecule has 30 heavy (non-hydrogen) atoms. The van der Waals surface area contributed by atoms with Gasteiger partial charge in [-0.25, -0.2) is 4.98 Å². The largest absolute Gasteiger partial charge is 0.485 e. The fourth-order valence-corrected chi connectivity index (χ4v) is 4.68. The number of fused-ring (bicyclic) bond motifs is 5. The van der Waals surface area contributed by atoms with Gasteiger partial charge in [-0.05, 0) is 48.1 Å². The van der Waals surface area contributed by atoms with Crippen LogP contribution in [0.3, 0.4) is 0 Å². The third-order valence-corrected chi connectivity index (χ3v) is 6.04.